The van der Waals surface area contributed by atoms with E-state index in [-0.39, 0.29) is 12.0 Å². The van der Waals surface area contributed by atoms with Crippen molar-refractivity contribution in [2.75, 3.05) is 29.7 Å². The molecule has 3 aromatic rings. The van der Waals surface area contributed by atoms with Crippen molar-refractivity contribution in [3.05, 3.63) is 58.8 Å². The molecule has 0 fully saturated rings. The summed E-state index contributed by atoms with van der Waals surface area (Å²) in [7, 11) is 3.42. The number of nitrogens with one attached hydrogen (secondary N) is 2. The molecule has 0 saturated heterocycles. The Morgan fingerprint density at radius 2 is 1.97 bits per heavy atom. The van der Waals surface area contributed by atoms with E-state index in [1.807, 2.05) is 38.1 Å². The highest BCUT2D eigenvalue weighted by molar-refractivity contribution is 6.04. The van der Waals surface area contributed by atoms with Gasteiger partial charge in [0.1, 0.15) is 17.6 Å². The zero-order valence-corrected chi connectivity index (χ0v) is 20.6. The molecule has 4 rings (SSSR count). The Morgan fingerprint density at radius 1 is 1.22 bits per heavy atom. The van der Waals surface area contributed by atoms with Crippen molar-refractivity contribution in [1.29, 1.82) is 0 Å². The smallest absolute Gasteiger partial charge is 0.379 e. The molecule has 0 bridgehead atoms. The second kappa shape index (κ2) is 9.76. The van der Waals surface area contributed by atoms with E-state index in [2.05, 4.69) is 25.7 Å². The molecule has 0 aromatic carbocycles. The Kier molecular flexibility index (Phi) is 6.90. The highest BCUT2D eigenvalue weighted by Gasteiger charge is 2.36. The van der Waals surface area contributed by atoms with Crippen LogP contribution in [-0.2, 0) is 28.8 Å². The fourth-order valence-corrected chi connectivity index (χ4v) is 4.23. The largest absolute Gasteiger partial charge is 0.433 e. The number of halogens is 3. The number of pyridine rings is 2. The molecule has 0 saturated carbocycles. The van der Waals surface area contributed by atoms with E-state index in [0.29, 0.717) is 41.5 Å². The van der Waals surface area contributed by atoms with Gasteiger partial charge in [0.15, 0.2) is 0 Å². The van der Waals surface area contributed by atoms with Gasteiger partial charge in [0.05, 0.1) is 35.9 Å². The van der Waals surface area contributed by atoms with Crippen LogP contribution < -0.4 is 15.5 Å². The van der Waals surface area contributed by atoms with Crippen LogP contribution >= 0.6 is 0 Å². The van der Waals surface area contributed by atoms with Gasteiger partial charge in [0, 0.05) is 44.2 Å². The van der Waals surface area contributed by atoms with Crippen molar-refractivity contribution < 1.29 is 22.7 Å². The van der Waals surface area contributed by atoms with Crippen LogP contribution in [0.3, 0.4) is 0 Å². The predicted octanol–water partition coefficient (Wildman–Crippen LogP) is 3.76. The number of alkyl halides is 3. The summed E-state index contributed by atoms with van der Waals surface area (Å²) in [4.78, 5) is 22.7. The average molecular weight is 504 g/mol. The summed E-state index contributed by atoms with van der Waals surface area (Å²) in [5, 5.41) is 10.5. The van der Waals surface area contributed by atoms with Gasteiger partial charge in [-0.3, -0.25) is 9.48 Å². The predicted molar refractivity (Wildman–Crippen MR) is 129 cm³/mol. The molecule has 2 atom stereocenters. The number of amides is 1. The molecule has 0 spiro atoms. The number of ether oxygens (including phenoxy) is 1. The summed E-state index contributed by atoms with van der Waals surface area (Å²) in [6, 6.07) is 3.81. The second-order valence-corrected chi connectivity index (χ2v) is 8.81. The lowest BCUT2D eigenvalue weighted by Crippen LogP contribution is -2.52. The minimum Gasteiger partial charge on any atom is -0.379 e. The third-order valence-electron chi connectivity index (χ3n) is 6.29. The first-order valence-corrected chi connectivity index (χ1v) is 11.3. The van der Waals surface area contributed by atoms with Crippen LogP contribution in [0.4, 0.5) is 30.4 Å². The van der Waals surface area contributed by atoms with Crippen LogP contribution in [0.2, 0.25) is 0 Å². The molecule has 36 heavy (non-hydrogen) atoms. The van der Waals surface area contributed by atoms with Crippen molar-refractivity contribution in [3.63, 3.8) is 0 Å². The lowest BCUT2D eigenvalue weighted by Gasteiger charge is -2.38. The zero-order chi connectivity index (χ0) is 26.2. The monoisotopic (exact) mass is 503 g/mol. The van der Waals surface area contributed by atoms with Crippen LogP contribution in [0.25, 0.3) is 0 Å². The molecule has 0 aliphatic carbocycles. The summed E-state index contributed by atoms with van der Waals surface area (Å²) in [6.07, 6.45) is -1.27. The van der Waals surface area contributed by atoms with E-state index in [9.17, 15) is 18.0 Å². The lowest BCUT2D eigenvalue weighted by molar-refractivity contribution is -0.141. The highest BCUT2D eigenvalue weighted by Crippen LogP contribution is 2.36. The SMILES string of the molecule is CO[C@H](C)[C@H]1C(=O)Nc2c(cc(NCc3cnn(Cc4ccc(C(F)(F)F)nc4C)c3)nc2C)N1C. The first-order valence-electron chi connectivity index (χ1n) is 11.3. The molecule has 192 valence electrons. The van der Waals surface area contributed by atoms with Gasteiger partial charge in [-0.25, -0.2) is 9.97 Å². The fourth-order valence-electron chi connectivity index (χ4n) is 4.23. The summed E-state index contributed by atoms with van der Waals surface area (Å²) in [5.74, 6) is 0.490. The van der Waals surface area contributed by atoms with Gasteiger partial charge in [-0.05, 0) is 32.4 Å². The topological polar surface area (TPSA) is 97.2 Å². The first kappa shape index (κ1) is 25.4. The van der Waals surface area contributed by atoms with Crippen LogP contribution in [0, 0.1) is 13.8 Å². The fraction of sp³-hybridized carbons (Fsp3) is 0.417. The van der Waals surface area contributed by atoms with Crippen molar-refractivity contribution >= 4 is 23.1 Å². The lowest BCUT2D eigenvalue weighted by atomic mass is 10.0. The number of methoxy groups -OCH3 is 1. The maximum Gasteiger partial charge on any atom is 0.433 e. The van der Waals surface area contributed by atoms with Gasteiger partial charge in [-0.1, -0.05) is 6.07 Å². The third-order valence-corrected chi connectivity index (χ3v) is 6.29. The van der Waals surface area contributed by atoms with Crippen LogP contribution in [-0.4, -0.2) is 52.0 Å². The van der Waals surface area contributed by atoms with E-state index in [4.69, 9.17) is 4.74 Å². The molecule has 2 N–H and O–H groups in total. The number of carbonyl (C=O) groups excluding carboxylic acids is 1. The highest BCUT2D eigenvalue weighted by atomic mass is 19.4. The van der Waals surface area contributed by atoms with Crippen LogP contribution in [0.1, 0.15) is 35.1 Å². The number of carbonyl (C=O) groups is 1. The maximum absolute atomic E-state index is 12.9. The van der Waals surface area contributed by atoms with E-state index in [0.717, 1.165) is 17.3 Å². The minimum absolute atomic E-state index is 0.143. The van der Waals surface area contributed by atoms with Gasteiger partial charge in [-0.15, -0.1) is 0 Å². The van der Waals surface area contributed by atoms with E-state index in [1.165, 1.54) is 6.07 Å². The van der Waals surface area contributed by atoms with Gasteiger partial charge >= 0.3 is 6.18 Å². The number of fused-ring (bicyclic) bond motifs is 1. The molecular formula is C24H28F3N7O2. The van der Waals surface area contributed by atoms with Crippen molar-refractivity contribution in [2.24, 2.45) is 0 Å². The Bertz CT molecular complexity index is 1280. The second-order valence-electron chi connectivity index (χ2n) is 8.81. The molecule has 1 amide bonds. The Balaban J connectivity index is 1.45. The van der Waals surface area contributed by atoms with E-state index in [1.54, 1.807) is 24.9 Å². The molecule has 4 heterocycles. The molecule has 1 aliphatic heterocycles. The number of hydrogen-bond acceptors (Lipinski definition) is 7. The molecule has 0 radical (unpaired) electrons. The van der Waals surface area contributed by atoms with Gasteiger partial charge in [0.25, 0.3) is 0 Å². The first-order chi connectivity index (χ1) is 17.0. The normalized spacial score (nSPS) is 16.5. The molecule has 0 unspecified atom stereocenters. The summed E-state index contributed by atoms with van der Waals surface area (Å²) >= 11 is 0. The average Bonchev–Trinajstić information content (AvgIpc) is 3.26. The Morgan fingerprint density at radius 3 is 2.64 bits per heavy atom. The maximum atomic E-state index is 12.9. The van der Waals surface area contributed by atoms with Crippen LogP contribution in [0.5, 0.6) is 0 Å². The van der Waals surface area contributed by atoms with Crippen LogP contribution in [0.15, 0.2) is 30.6 Å². The Hall–Kier alpha value is -3.67. The van der Waals surface area contributed by atoms with Crippen molar-refractivity contribution in [1.82, 2.24) is 19.7 Å². The third kappa shape index (κ3) is 5.13. The summed E-state index contributed by atoms with van der Waals surface area (Å²) < 4.78 is 45.6. The molecule has 9 nitrogen and oxygen atoms in total. The number of likely N-dealkylation sites (N-methyl/N-ethyl adjacent to an activating group) is 1. The quantitative estimate of drug-likeness (QED) is 0.507. The molecule has 1 aliphatic rings. The van der Waals surface area contributed by atoms with Gasteiger partial charge in [0.2, 0.25) is 5.91 Å². The molecular weight excluding hydrogens is 475 g/mol. The van der Waals surface area contributed by atoms with E-state index >= 15 is 0 Å². The minimum atomic E-state index is -4.47. The standard InChI is InChI=1S/C24H28F3N7O2/c1-13-17(6-7-19(30-13)24(25,26)27)12-34-11-16(10-29-34)9-28-20-8-18-21(14(2)31-20)32-23(35)22(33(18)4)15(3)36-5/h6-8,10-11,15,22H,9,12H2,1-5H3,(H,28,31)(H,32,35)/t15-,22+/m1/s1. The van der Waals surface area contributed by atoms with Gasteiger partial charge < -0.3 is 20.3 Å². The number of hydrogen-bond donors (Lipinski definition) is 2. The zero-order valence-electron chi connectivity index (χ0n) is 20.6. The van der Waals surface area contributed by atoms with E-state index < -0.39 is 17.9 Å². The van der Waals surface area contributed by atoms with Crippen molar-refractivity contribution in [3.8, 4) is 0 Å². The molecule has 3 aromatic heterocycles. The molecule has 12 heteroatoms. The summed E-state index contributed by atoms with van der Waals surface area (Å²) in [6.45, 7) is 5.97. The number of anilines is 3. The number of rotatable bonds is 7. The number of aromatic nitrogens is 4. The summed E-state index contributed by atoms with van der Waals surface area (Å²) in [5.41, 5.74) is 3.11. The van der Waals surface area contributed by atoms with Crippen molar-refractivity contribution in [2.45, 2.75) is 52.2 Å². The Labute approximate surface area is 206 Å². The van der Waals surface area contributed by atoms with Gasteiger partial charge in [-0.2, -0.15) is 18.3 Å². The number of aryl methyl sites for hydroxylation is 2. The number of nitrogens with zero attached hydrogens (tertiary/aromatic N) is 5.